The molecule has 0 aliphatic heterocycles. The first-order chi connectivity index (χ1) is 14.6. The summed E-state index contributed by atoms with van der Waals surface area (Å²) in [7, 11) is 0. The highest BCUT2D eigenvalue weighted by Gasteiger charge is 2.10. The maximum atomic E-state index is 8.58. The topological polar surface area (TPSA) is 75.1 Å². The summed E-state index contributed by atoms with van der Waals surface area (Å²) in [4.78, 5) is 8.78. The summed E-state index contributed by atoms with van der Waals surface area (Å²) in [5.41, 5.74) is 12.7. The van der Waals surface area contributed by atoms with Gasteiger partial charge >= 0.3 is 0 Å². The third-order valence-corrected chi connectivity index (χ3v) is 4.86. The molecular formula is C26H22N4. The van der Waals surface area contributed by atoms with Crippen LogP contribution in [0.5, 0.6) is 0 Å². The first-order valence-corrected chi connectivity index (χ1v) is 9.72. The van der Waals surface area contributed by atoms with Crippen LogP contribution in [0, 0.1) is 12.3 Å². The van der Waals surface area contributed by atoms with Crippen molar-refractivity contribution in [2.75, 3.05) is 0 Å². The number of aryl methyl sites for hydroxylation is 1. The maximum absolute atomic E-state index is 8.58. The summed E-state index contributed by atoms with van der Waals surface area (Å²) in [6.45, 7) is 1.96. The van der Waals surface area contributed by atoms with Crippen LogP contribution in [-0.2, 0) is 0 Å². The molecule has 4 heteroatoms. The lowest BCUT2D eigenvalue weighted by Crippen LogP contribution is -2.15. The summed E-state index contributed by atoms with van der Waals surface area (Å²) < 4.78 is 0. The number of nitrogens with one attached hydrogen (secondary N) is 1. The van der Waals surface area contributed by atoms with Crippen molar-refractivity contribution in [1.29, 1.82) is 5.41 Å². The summed E-state index contributed by atoms with van der Waals surface area (Å²) in [6, 6.07) is 29.7. The van der Waals surface area contributed by atoms with Crippen molar-refractivity contribution in [2.45, 2.75) is 6.92 Å². The molecular weight excluding hydrogens is 368 g/mol. The van der Waals surface area contributed by atoms with Gasteiger partial charge in [-0.3, -0.25) is 10.4 Å². The molecule has 3 aromatic carbocycles. The predicted octanol–water partition coefficient (Wildman–Crippen LogP) is 5.45. The predicted molar refractivity (Wildman–Crippen MR) is 124 cm³/mol. The number of nitrogens with two attached hydrogens (primary N) is 1. The lowest BCUT2D eigenvalue weighted by atomic mass is 9.96. The molecule has 3 N–H and O–H groups in total. The second-order valence-electron chi connectivity index (χ2n) is 7.06. The number of aromatic nitrogens is 1. The van der Waals surface area contributed by atoms with E-state index in [0.29, 0.717) is 11.4 Å². The summed E-state index contributed by atoms with van der Waals surface area (Å²) >= 11 is 0. The smallest absolute Gasteiger partial charge is 0.154 e. The Morgan fingerprint density at radius 1 is 0.733 bits per heavy atom. The van der Waals surface area contributed by atoms with Crippen LogP contribution in [0.4, 0.5) is 0 Å². The zero-order chi connectivity index (χ0) is 20.9. The molecule has 0 saturated heterocycles. The molecule has 0 radical (unpaired) electrons. The Bertz CT molecular complexity index is 1200. The van der Waals surface area contributed by atoms with Crippen molar-refractivity contribution in [1.82, 2.24) is 4.98 Å². The molecule has 0 spiro atoms. The number of pyridine rings is 1. The second-order valence-corrected chi connectivity index (χ2v) is 7.06. The lowest BCUT2D eigenvalue weighted by Gasteiger charge is -2.11. The summed E-state index contributed by atoms with van der Waals surface area (Å²) in [5, 5.41) is 8.58. The van der Waals surface area contributed by atoms with Crippen LogP contribution in [0.1, 0.15) is 16.8 Å². The molecule has 0 bridgehead atoms. The van der Waals surface area contributed by atoms with Crippen LogP contribution in [0.3, 0.4) is 0 Å². The van der Waals surface area contributed by atoms with Gasteiger partial charge in [0.05, 0.1) is 0 Å². The molecule has 1 aromatic heterocycles. The number of amidine groups is 2. The summed E-state index contributed by atoms with van der Waals surface area (Å²) in [6.07, 6.45) is 1.86. The van der Waals surface area contributed by atoms with E-state index in [1.807, 2.05) is 85.9 Å². The van der Waals surface area contributed by atoms with Gasteiger partial charge in [0, 0.05) is 28.6 Å². The van der Waals surface area contributed by atoms with Gasteiger partial charge in [-0.05, 0) is 47.9 Å². The molecule has 1 heterocycles. The van der Waals surface area contributed by atoms with Crippen LogP contribution < -0.4 is 5.73 Å². The molecule has 0 unspecified atom stereocenters. The molecule has 0 atom stereocenters. The van der Waals surface area contributed by atoms with Crippen LogP contribution in [0.2, 0.25) is 0 Å². The molecule has 4 aromatic rings. The molecule has 146 valence electrons. The van der Waals surface area contributed by atoms with Gasteiger partial charge in [0.25, 0.3) is 0 Å². The van der Waals surface area contributed by atoms with Gasteiger partial charge in [-0.1, -0.05) is 66.7 Å². The van der Waals surface area contributed by atoms with Gasteiger partial charge in [-0.25, -0.2) is 4.99 Å². The molecule has 0 amide bonds. The van der Waals surface area contributed by atoms with Gasteiger partial charge in [0.2, 0.25) is 0 Å². The Morgan fingerprint density at radius 3 is 2.00 bits per heavy atom. The van der Waals surface area contributed by atoms with Crippen molar-refractivity contribution in [3.63, 3.8) is 0 Å². The van der Waals surface area contributed by atoms with Crippen LogP contribution in [-0.4, -0.2) is 16.7 Å². The molecule has 30 heavy (non-hydrogen) atoms. The standard InChI is InChI=1S/C26H22N4/c1-18-12-13-21(17-29-18)23-14-22(19-8-4-2-5-9-19)15-24(16-23)26(28)30-25(27)20-10-6-3-7-11-20/h2-17H,1H3,(H3,27,28,30). The molecule has 4 nitrogen and oxygen atoms in total. The first kappa shape index (κ1) is 19.3. The Balaban J connectivity index is 1.79. The zero-order valence-corrected chi connectivity index (χ0v) is 16.7. The SMILES string of the molecule is Cc1ccc(-c2cc(C(=N)N=C(N)c3ccccc3)cc(-c3ccccc3)c2)cn1. The molecule has 0 saturated carbocycles. The lowest BCUT2D eigenvalue weighted by molar-refractivity contribution is 1.20. The number of rotatable bonds is 4. The van der Waals surface area contributed by atoms with Crippen LogP contribution in [0.25, 0.3) is 22.3 Å². The van der Waals surface area contributed by atoms with E-state index in [-0.39, 0.29) is 5.84 Å². The monoisotopic (exact) mass is 390 g/mol. The van der Waals surface area contributed by atoms with Gasteiger partial charge in [0.1, 0.15) is 5.84 Å². The van der Waals surface area contributed by atoms with Crippen molar-refractivity contribution in [2.24, 2.45) is 10.7 Å². The Morgan fingerprint density at radius 2 is 1.37 bits per heavy atom. The van der Waals surface area contributed by atoms with Crippen LogP contribution in [0.15, 0.2) is 102 Å². The number of hydrogen-bond acceptors (Lipinski definition) is 2. The highest BCUT2D eigenvalue weighted by Crippen LogP contribution is 2.28. The normalized spacial score (nSPS) is 11.3. The number of benzene rings is 3. The quantitative estimate of drug-likeness (QED) is 0.359. The van der Waals surface area contributed by atoms with Gasteiger partial charge < -0.3 is 5.73 Å². The van der Waals surface area contributed by atoms with Gasteiger partial charge in [-0.15, -0.1) is 0 Å². The summed E-state index contributed by atoms with van der Waals surface area (Å²) in [5.74, 6) is 0.444. The Hall–Kier alpha value is -4.05. The first-order valence-electron chi connectivity index (χ1n) is 9.72. The highest BCUT2D eigenvalue weighted by molar-refractivity contribution is 6.10. The minimum absolute atomic E-state index is 0.121. The largest absolute Gasteiger partial charge is 0.383 e. The van der Waals surface area contributed by atoms with E-state index in [4.69, 9.17) is 11.1 Å². The van der Waals surface area contributed by atoms with E-state index in [0.717, 1.165) is 33.5 Å². The fourth-order valence-corrected chi connectivity index (χ4v) is 3.23. The average molecular weight is 390 g/mol. The number of hydrogen-bond donors (Lipinski definition) is 2. The number of aliphatic imine (C=N–C) groups is 1. The minimum Gasteiger partial charge on any atom is -0.383 e. The molecule has 0 fully saturated rings. The van der Waals surface area contributed by atoms with E-state index in [2.05, 4.69) is 28.2 Å². The van der Waals surface area contributed by atoms with Crippen molar-refractivity contribution < 1.29 is 0 Å². The zero-order valence-electron chi connectivity index (χ0n) is 16.7. The van der Waals surface area contributed by atoms with Crippen molar-refractivity contribution in [3.8, 4) is 22.3 Å². The van der Waals surface area contributed by atoms with E-state index in [1.165, 1.54) is 0 Å². The highest BCUT2D eigenvalue weighted by atomic mass is 14.9. The fourth-order valence-electron chi connectivity index (χ4n) is 3.23. The second kappa shape index (κ2) is 8.53. The fraction of sp³-hybridized carbons (Fsp3) is 0.0385. The van der Waals surface area contributed by atoms with Gasteiger partial charge in [-0.2, -0.15) is 0 Å². The van der Waals surface area contributed by atoms with E-state index >= 15 is 0 Å². The third kappa shape index (κ3) is 4.33. The molecule has 0 aliphatic rings. The van der Waals surface area contributed by atoms with Crippen LogP contribution >= 0.6 is 0 Å². The molecule has 4 rings (SSSR count). The third-order valence-electron chi connectivity index (χ3n) is 4.86. The van der Waals surface area contributed by atoms with E-state index < -0.39 is 0 Å². The Labute approximate surface area is 176 Å². The van der Waals surface area contributed by atoms with E-state index in [9.17, 15) is 0 Å². The van der Waals surface area contributed by atoms with Crippen molar-refractivity contribution in [3.05, 3.63) is 114 Å². The van der Waals surface area contributed by atoms with E-state index in [1.54, 1.807) is 0 Å². The maximum Gasteiger partial charge on any atom is 0.154 e. The van der Waals surface area contributed by atoms with Gasteiger partial charge in [0.15, 0.2) is 5.84 Å². The van der Waals surface area contributed by atoms with Crippen molar-refractivity contribution >= 4 is 11.7 Å². The Kier molecular flexibility index (Phi) is 5.48. The average Bonchev–Trinajstić information content (AvgIpc) is 2.80. The molecule has 0 aliphatic carbocycles. The minimum atomic E-state index is 0.121. The number of nitrogens with zero attached hydrogens (tertiary/aromatic N) is 2.